The molecule has 0 aliphatic rings. The molecule has 0 atom stereocenters. The van der Waals surface area contributed by atoms with Crippen molar-refractivity contribution in [1.82, 2.24) is 19.5 Å². The van der Waals surface area contributed by atoms with Crippen LogP contribution in [0.5, 0.6) is 0 Å². The molecular formula is C24H23ClFN5O3S2. The largest absolute Gasteiger partial charge is 0.324 e. The molecule has 3 aromatic carbocycles. The summed E-state index contributed by atoms with van der Waals surface area (Å²) < 4.78 is 41.5. The van der Waals surface area contributed by atoms with E-state index in [-0.39, 0.29) is 27.2 Å². The third kappa shape index (κ3) is 5.24. The minimum atomic E-state index is -3.66. The van der Waals surface area contributed by atoms with Crippen LogP contribution in [0.2, 0.25) is 5.02 Å². The summed E-state index contributed by atoms with van der Waals surface area (Å²) in [7, 11) is -2.37. The first-order valence-electron chi connectivity index (χ1n) is 11.0. The lowest BCUT2D eigenvalue weighted by molar-refractivity contribution is -0.113. The number of fused-ring (bicyclic) bond motifs is 1. The summed E-state index contributed by atoms with van der Waals surface area (Å²) in [6.07, 6.45) is 0.852. The summed E-state index contributed by atoms with van der Waals surface area (Å²) in [6.45, 7) is 1.26. The minimum absolute atomic E-state index is 0.0180. The van der Waals surface area contributed by atoms with Crippen LogP contribution in [0, 0.1) is 0 Å². The molecule has 8 nitrogen and oxygen atoms in total. The van der Waals surface area contributed by atoms with Gasteiger partial charge in [-0.05, 0) is 48.7 Å². The van der Waals surface area contributed by atoms with Crippen LogP contribution in [-0.2, 0) is 27.9 Å². The van der Waals surface area contributed by atoms with Gasteiger partial charge in [0.25, 0.3) is 0 Å². The van der Waals surface area contributed by atoms with Crippen LogP contribution in [0.3, 0.4) is 0 Å². The van der Waals surface area contributed by atoms with Gasteiger partial charge in [0.2, 0.25) is 15.9 Å². The van der Waals surface area contributed by atoms with Gasteiger partial charge < -0.3 is 5.32 Å². The number of carbonyl (C=O) groups is 1. The van der Waals surface area contributed by atoms with E-state index in [9.17, 15) is 17.6 Å². The fourth-order valence-electron chi connectivity index (χ4n) is 3.77. The van der Waals surface area contributed by atoms with Gasteiger partial charge in [-0.2, -0.15) is 0 Å². The van der Waals surface area contributed by atoms with Crippen LogP contribution in [0.15, 0.2) is 64.6 Å². The van der Waals surface area contributed by atoms with E-state index in [4.69, 9.17) is 11.6 Å². The molecule has 1 amide bonds. The number of alkyl halides is 1. The predicted octanol–water partition coefficient (Wildman–Crippen LogP) is 4.74. The molecule has 0 fully saturated rings. The van der Waals surface area contributed by atoms with Crippen LogP contribution in [0.1, 0.15) is 18.3 Å². The number of amides is 1. The van der Waals surface area contributed by atoms with E-state index in [1.165, 1.54) is 30.8 Å². The molecule has 1 heterocycles. The molecule has 0 unspecified atom stereocenters. The Morgan fingerprint density at radius 2 is 1.86 bits per heavy atom. The zero-order valence-electron chi connectivity index (χ0n) is 19.5. The first kappa shape index (κ1) is 26.1. The smallest absolute Gasteiger partial charge is 0.240 e. The number of nitrogens with zero attached hydrogens (tertiary/aromatic N) is 3. The van der Waals surface area contributed by atoms with Crippen molar-refractivity contribution in [3.63, 3.8) is 0 Å². The SMILES string of the molecule is CCc1ccc(-n2c(CF)nnc2SCC(=O)Nc2ccc(S(=O)(=O)NC)cc2Cl)c2ccccc12. The van der Waals surface area contributed by atoms with E-state index in [2.05, 4.69) is 27.2 Å². The number of carbonyl (C=O) groups excluding carboxylic acids is 1. The molecule has 36 heavy (non-hydrogen) atoms. The molecule has 0 saturated heterocycles. The van der Waals surface area contributed by atoms with Gasteiger partial charge in [0.15, 0.2) is 11.0 Å². The van der Waals surface area contributed by atoms with Gasteiger partial charge in [0.05, 0.1) is 27.0 Å². The highest BCUT2D eigenvalue weighted by atomic mass is 35.5. The standard InChI is InChI=1S/C24H23ClFN5O3S2/c1-3-15-8-11-21(18-7-5-4-6-17(15)18)31-22(13-26)29-30-24(31)35-14-23(32)28-20-10-9-16(12-19(20)25)36(33,34)27-2/h4-12,27H,3,13-14H2,1-2H3,(H,28,32). The monoisotopic (exact) mass is 547 g/mol. The van der Waals surface area contributed by atoms with Crippen LogP contribution in [0.25, 0.3) is 16.5 Å². The molecule has 0 spiro atoms. The van der Waals surface area contributed by atoms with Crippen molar-refractivity contribution in [2.75, 3.05) is 18.1 Å². The lowest BCUT2D eigenvalue weighted by atomic mass is 10.0. The van der Waals surface area contributed by atoms with Gasteiger partial charge in [-0.25, -0.2) is 17.5 Å². The highest BCUT2D eigenvalue weighted by molar-refractivity contribution is 7.99. The minimum Gasteiger partial charge on any atom is -0.324 e. The number of halogens is 2. The summed E-state index contributed by atoms with van der Waals surface area (Å²) in [4.78, 5) is 12.6. The Labute approximate surface area is 217 Å². The molecule has 4 aromatic rings. The van der Waals surface area contributed by atoms with Crippen molar-refractivity contribution in [2.24, 2.45) is 0 Å². The maximum atomic E-state index is 13.8. The lowest BCUT2D eigenvalue weighted by Gasteiger charge is -2.14. The molecule has 4 rings (SSSR count). The van der Waals surface area contributed by atoms with Crippen molar-refractivity contribution in [2.45, 2.75) is 30.1 Å². The zero-order valence-corrected chi connectivity index (χ0v) is 21.8. The second kappa shape index (κ2) is 11.0. The second-order valence-corrected chi connectivity index (χ2v) is 10.9. The molecule has 1 aromatic heterocycles. The number of sulfonamides is 1. The number of hydrogen-bond donors (Lipinski definition) is 2. The van der Waals surface area contributed by atoms with Crippen LogP contribution >= 0.6 is 23.4 Å². The van der Waals surface area contributed by atoms with Gasteiger partial charge >= 0.3 is 0 Å². The Morgan fingerprint density at radius 3 is 2.53 bits per heavy atom. The van der Waals surface area contributed by atoms with E-state index in [0.29, 0.717) is 5.16 Å². The second-order valence-electron chi connectivity index (χ2n) is 7.70. The molecule has 2 N–H and O–H groups in total. The van der Waals surface area contributed by atoms with Crippen molar-refractivity contribution >= 4 is 55.8 Å². The molecule has 0 aliphatic heterocycles. The summed E-state index contributed by atoms with van der Waals surface area (Å²) in [5.41, 5.74) is 2.17. The summed E-state index contributed by atoms with van der Waals surface area (Å²) in [6, 6.07) is 15.8. The number of nitrogens with one attached hydrogen (secondary N) is 2. The summed E-state index contributed by atoms with van der Waals surface area (Å²) >= 11 is 7.28. The number of rotatable bonds is 9. The Bertz CT molecular complexity index is 1540. The third-order valence-electron chi connectivity index (χ3n) is 5.56. The van der Waals surface area contributed by atoms with E-state index < -0.39 is 22.6 Å². The Morgan fingerprint density at radius 1 is 1.11 bits per heavy atom. The van der Waals surface area contributed by atoms with Gasteiger partial charge in [-0.3, -0.25) is 9.36 Å². The third-order valence-corrected chi connectivity index (χ3v) is 8.21. The average Bonchev–Trinajstić information content (AvgIpc) is 3.30. The van der Waals surface area contributed by atoms with Crippen LogP contribution < -0.4 is 10.0 Å². The molecule has 12 heteroatoms. The van der Waals surface area contributed by atoms with Crippen LogP contribution in [0.4, 0.5) is 10.1 Å². The molecule has 0 radical (unpaired) electrons. The highest BCUT2D eigenvalue weighted by Gasteiger charge is 2.19. The summed E-state index contributed by atoms with van der Waals surface area (Å²) in [5.74, 6) is -0.312. The average molecular weight is 548 g/mol. The molecule has 0 bridgehead atoms. The van der Waals surface area contributed by atoms with Crippen molar-refractivity contribution in [3.05, 3.63) is 71.0 Å². The number of hydrogen-bond acceptors (Lipinski definition) is 6. The Balaban J connectivity index is 1.57. The van der Waals surface area contributed by atoms with Gasteiger partial charge in [0.1, 0.15) is 6.67 Å². The van der Waals surface area contributed by atoms with Crippen molar-refractivity contribution in [1.29, 1.82) is 0 Å². The van der Waals surface area contributed by atoms with E-state index in [0.717, 1.165) is 34.6 Å². The number of aryl methyl sites for hydroxylation is 1. The van der Waals surface area contributed by atoms with Gasteiger partial charge in [-0.1, -0.05) is 60.6 Å². The number of thioether (sulfide) groups is 1. The molecule has 0 saturated carbocycles. The fraction of sp³-hybridized carbons (Fsp3) is 0.208. The predicted molar refractivity (Wildman–Crippen MR) is 140 cm³/mol. The fourth-order valence-corrected chi connectivity index (χ4v) is 5.58. The first-order chi connectivity index (χ1) is 17.3. The number of benzene rings is 3. The quantitative estimate of drug-likeness (QED) is 0.293. The Kier molecular flexibility index (Phi) is 7.94. The highest BCUT2D eigenvalue weighted by Crippen LogP contribution is 2.31. The van der Waals surface area contributed by atoms with E-state index in [1.54, 1.807) is 4.57 Å². The van der Waals surface area contributed by atoms with Gasteiger partial charge in [-0.15, -0.1) is 10.2 Å². The molecule has 188 valence electrons. The maximum Gasteiger partial charge on any atom is 0.240 e. The first-order valence-corrected chi connectivity index (χ1v) is 13.8. The number of aromatic nitrogens is 3. The Hall–Kier alpha value is -2.99. The summed E-state index contributed by atoms with van der Waals surface area (Å²) in [5, 5.41) is 13.2. The van der Waals surface area contributed by atoms with Crippen molar-refractivity contribution < 1.29 is 17.6 Å². The number of anilines is 1. The maximum absolute atomic E-state index is 13.8. The topological polar surface area (TPSA) is 106 Å². The van der Waals surface area contributed by atoms with Crippen LogP contribution in [-0.4, -0.2) is 41.9 Å². The molecule has 0 aliphatic carbocycles. The van der Waals surface area contributed by atoms with Gasteiger partial charge in [0, 0.05) is 5.39 Å². The van der Waals surface area contributed by atoms with E-state index in [1.807, 2.05) is 36.4 Å². The normalized spacial score (nSPS) is 11.7. The van der Waals surface area contributed by atoms with Crippen molar-refractivity contribution in [3.8, 4) is 5.69 Å². The lowest BCUT2D eigenvalue weighted by Crippen LogP contribution is -2.19. The van der Waals surface area contributed by atoms with E-state index >= 15 is 0 Å². The zero-order chi connectivity index (χ0) is 25.9. The molecular weight excluding hydrogens is 525 g/mol.